The molecule has 0 saturated heterocycles. The molecule has 0 spiro atoms. The zero-order chi connectivity index (χ0) is 27.3. The first-order valence-electron chi connectivity index (χ1n) is 10.8. The number of halogens is 5. The van der Waals surface area contributed by atoms with Gasteiger partial charge in [-0.25, -0.2) is 35.4 Å². The van der Waals surface area contributed by atoms with Crippen LogP contribution in [0.4, 0.5) is 22.0 Å². The largest absolute Gasteiger partial charge is 0.465 e. The monoisotopic (exact) mass is 540 g/mol. The highest BCUT2D eigenvalue weighted by molar-refractivity contribution is 7.89. The number of ether oxygens (including phenoxy) is 1. The van der Waals surface area contributed by atoms with Crippen LogP contribution in [0.2, 0.25) is 0 Å². The van der Waals surface area contributed by atoms with E-state index in [9.17, 15) is 35.2 Å². The van der Waals surface area contributed by atoms with Crippen molar-refractivity contribution in [2.75, 3.05) is 13.7 Å². The number of carbonyl (C=O) groups excluding carboxylic acids is 1. The lowest BCUT2D eigenvalue weighted by Gasteiger charge is -2.26. The van der Waals surface area contributed by atoms with Crippen LogP contribution in [0.25, 0.3) is 12.2 Å². The Balaban J connectivity index is 2.01. The lowest BCUT2D eigenvalue weighted by atomic mass is 9.99. The zero-order valence-corrected chi connectivity index (χ0v) is 20.4. The van der Waals surface area contributed by atoms with Crippen LogP contribution in [0.15, 0.2) is 53.7 Å². The molecule has 6 nitrogen and oxygen atoms in total. The van der Waals surface area contributed by atoms with Gasteiger partial charge < -0.3 is 4.74 Å². The number of hydrogen-bond donors (Lipinski definition) is 0. The minimum absolute atomic E-state index is 0.0331. The number of aromatic nitrogens is 1. The van der Waals surface area contributed by atoms with Crippen LogP contribution >= 0.6 is 0 Å². The van der Waals surface area contributed by atoms with Crippen molar-refractivity contribution in [1.29, 1.82) is 0 Å². The van der Waals surface area contributed by atoms with Gasteiger partial charge in [0, 0.05) is 19.7 Å². The average molecular weight is 541 g/mol. The maximum absolute atomic E-state index is 14.1. The number of benzene rings is 2. The predicted octanol–water partition coefficient (Wildman–Crippen LogP) is 4.74. The van der Waals surface area contributed by atoms with Gasteiger partial charge in [-0.2, -0.15) is 4.31 Å². The van der Waals surface area contributed by atoms with Crippen molar-refractivity contribution in [2.45, 2.75) is 24.4 Å². The summed E-state index contributed by atoms with van der Waals surface area (Å²) in [6.45, 7) is 1.51. The van der Waals surface area contributed by atoms with Crippen molar-refractivity contribution in [2.24, 2.45) is 0 Å². The molecule has 3 rings (SSSR count). The van der Waals surface area contributed by atoms with E-state index in [0.717, 1.165) is 10.4 Å². The van der Waals surface area contributed by atoms with Crippen LogP contribution in [0.3, 0.4) is 0 Å². The van der Waals surface area contributed by atoms with Crippen molar-refractivity contribution in [1.82, 2.24) is 9.29 Å². The first-order valence-corrected chi connectivity index (χ1v) is 12.3. The molecular formula is C25H21F5N2O4S. The second-order valence-corrected chi connectivity index (χ2v) is 9.62. The molecular weight excluding hydrogens is 519 g/mol. The first kappa shape index (κ1) is 27.9. The predicted molar refractivity (Wildman–Crippen MR) is 125 cm³/mol. The van der Waals surface area contributed by atoms with Crippen LogP contribution in [0.1, 0.15) is 23.6 Å². The van der Waals surface area contributed by atoms with Crippen molar-refractivity contribution in [3.8, 4) is 0 Å². The molecule has 196 valence electrons. The Morgan fingerprint density at radius 3 is 2.14 bits per heavy atom. The van der Waals surface area contributed by atoms with Gasteiger partial charge in [0.25, 0.3) is 10.0 Å². The fraction of sp³-hybridized carbons (Fsp3) is 0.200. The fourth-order valence-corrected chi connectivity index (χ4v) is 4.68. The Morgan fingerprint density at radius 2 is 1.54 bits per heavy atom. The summed E-state index contributed by atoms with van der Waals surface area (Å²) in [6.07, 6.45) is 2.85. The molecule has 0 aliphatic carbocycles. The molecule has 2 aromatic carbocycles. The Bertz CT molecular complexity index is 1400. The molecule has 0 aliphatic rings. The summed E-state index contributed by atoms with van der Waals surface area (Å²) >= 11 is 0. The molecule has 0 fully saturated rings. The SMILES string of the molecule is CCOC(=O)[C@H](Cc1ccccc1/C=C/c1c(F)c(F)c(F)c(F)c1F)N(C)S(=O)(=O)c1ccccn1. The highest BCUT2D eigenvalue weighted by Crippen LogP contribution is 2.26. The maximum atomic E-state index is 14.1. The van der Waals surface area contributed by atoms with Gasteiger partial charge in [-0.1, -0.05) is 36.4 Å². The molecule has 3 aromatic rings. The van der Waals surface area contributed by atoms with E-state index in [0.29, 0.717) is 11.6 Å². The van der Waals surface area contributed by atoms with Gasteiger partial charge >= 0.3 is 5.97 Å². The number of esters is 1. The lowest BCUT2D eigenvalue weighted by Crippen LogP contribution is -2.45. The first-order chi connectivity index (χ1) is 17.5. The van der Waals surface area contributed by atoms with E-state index >= 15 is 0 Å². The highest BCUT2D eigenvalue weighted by Gasteiger charge is 2.35. The van der Waals surface area contributed by atoms with E-state index in [-0.39, 0.29) is 23.6 Å². The van der Waals surface area contributed by atoms with Crippen molar-refractivity contribution < 1.29 is 39.9 Å². The highest BCUT2D eigenvalue weighted by atomic mass is 32.2. The Hall–Kier alpha value is -3.64. The number of pyridine rings is 1. The third kappa shape index (κ3) is 5.86. The van der Waals surface area contributed by atoms with Crippen LogP contribution in [-0.2, 0) is 26.0 Å². The molecule has 1 atom stereocenters. The standard InChI is InChI=1S/C25H21F5N2O4S/c1-3-36-25(33)18(32(2)37(34,35)19-10-6-7-13-31-19)14-16-9-5-4-8-15(16)11-12-17-20(26)22(28)24(30)23(29)21(17)27/h4-13,18H,3,14H2,1-2H3/b12-11+/t18-/m0/s1. The molecule has 0 unspecified atom stereocenters. The van der Waals surface area contributed by atoms with Crippen LogP contribution in [0.5, 0.6) is 0 Å². The summed E-state index contributed by atoms with van der Waals surface area (Å²) < 4.78 is 101. The quantitative estimate of drug-likeness (QED) is 0.129. The summed E-state index contributed by atoms with van der Waals surface area (Å²) in [6, 6.07) is 8.97. The maximum Gasteiger partial charge on any atom is 0.324 e. The van der Waals surface area contributed by atoms with Crippen LogP contribution < -0.4 is 0 Å². The number of likely N-dealkylation sites (N-methyl/N-ethyl adjacent to an activating group) is 1. The van der Waals surface area contributed by atoms with Gasteiger partial charge in [-0.3, -0.25) is 4.79 Å². The van der Waals surface area contributed by atoms with E-state index in [2.05, 4.69) is 4.98 Å². The number of hydrogen-bond acceptors (Lipinski definition) is 5. The topological polar surface area (TPSA) is 76.6 Å². The molecule has 37 heavy (non-hydrogen) atoms. The summed E-state index contributed by atoms with van der Waals surface area (Å²) in [5.41, 5.74) is -0.573. The number of carbonyl (C=O) groups is 1. The van der Waals surface area contributed by atoms with Gasteiger partial charge in [-0.05, 0) is 36.3 Å². The smallest absolute Gasteiger partial charge is 0.324 e. The summed E-state index contributed by atoms with van der Waals surface area (Å²) in [4.78, 5) is 16.6. The van der Waals surface area contributed by atoms with Gasteiger partial charge in [0.05, 0.1) is 12.2 Å². The molecule has 0 amide bonds. The van der Waals surface area contributed by atoms with Crippen molar-refractivity contribution >= 4 is 28.1 Å². The second-order valence-electron chi connectivity index (χ2n) is 7.68. The molecule has 0 bridgehead atoms. The summed E-state index contributed by atoms with van der Waals surface area (Å²) in [5.74, 6) is -11.3. The van der Waals surface area contributed by atoms with E-state index in [1.165, 1.54) is 49.6 Å². The van der Waals surface area contributed by atoms with Gasteiger partial charge in [-0.15, -0.1) is 0 Å². The van der Waals surface area contributed by atoms with Crippen LogP contribution in [-0.4, -0.2) is 43.4 Å². The second kappa shape index (κ2) is 11.6. The summed E-state index contributed by atoms with van der Waals surface area (Å²) in [5, 5.41) is -0.300. The molecule has 1 aromatic heterocycles. The Morgan fingerprint density at radius 1 is 0.946 bits per heavy atom. The summed E-state index contributed by atoms with van der Waals surface area (Å²) in [7, 11) is -3.05. The van der Waals surface area contributed by atoms with Gasteiger partial charge in [0.15, 0.2) is 28.3 Å². The van der Waals surface area contributed by atoms with Gasteiger partial charge in [0.2, 0.25) is 5.82 Å². The minimum atomic E-state index is -4.23. The molecule has 1 heterocycles. The van der Waals surface area contributed by atoms with E-state index in [1.54, 1.807) is 13.0 Å². The van der Waals surface area contributed by atoms with Gasteiger partial charge in [0.1, 0.15) is 6.04 Å². The molecule has 0 radical (unpaired) electrons. The molecule has 0 aliphatic heterocycles. The fourth-order valence-electron chi connectivity index (χ4n) is 3.45. The van der Waals surface area contributed by atoms with Crippen molar-refractivity contribution in [3.63, 3.8) is 0 Å². The third-order valence-corrected chi connectivity index (χ3v) is 7.20. The number of rotatable bonds is 9. The minimum Gasteiger partial charge on any atom is -0.465 e. The van der Waals surface area contributed by atoms with Crippen molar-refractivity contribution in [3.05, 3.63) is 94.4 Å². The molecule has 0 N–H and O–H groups in total. The normalized spacial score (nSPS) is 12.8. The van der Waals surface area contributed by atoms with E-state index in [1.807, 2.05) is 0 Å². The Kier molecular flexibility index (Phi) is 8.77. The lowest BCUT2D eigenvalue weighted by molar-refractivity contribution is -0.147. The number of sulfonamides is 1. The zero-order valence-electron chi connectivity index (χ0n) is 19.6. The Labute approximate surface area is 210 Å². The van der Waals surface area contributed by atoms with Crippen LogP contribution in [0, 0.1) is 29.1 Å². The average Bonchev–Trinajstić information content (AvgIpc) is 2.90. The molecule has 0 saturated carbocycles. The van der Waals surface area contributed by atoms with E-state index in [4.69, 9.17) is 4.74 Å². The van der Waals surface area contributed by atoms with E-state index < -0.39 is 56.7 Å². The number of nitrogens with zero attached hydrogens (tertiary/aromatic N) is 2. The molecule has 12 heteroatoms. The third-order valence-electron chi connectivity index (χ3n) is 5.42.